The number of hydrogen-bond donors (Lipinski definition) is 2. The van der Waals surface area contributed by atoms with Crippen LogP contribution in [0.2, 0.25) is 0 Å². The van der Waals surface area contributed by atoms with Crippen LogP contribution >= 0.6 is 15.9 Å². The molecule has 0 unspecified atom stereocenters. The van der Waals surface area contributed by atoms with E-state index in [-0.39, 0.29) is 6.10 Å². The third-order valence-electron chi connectivity index (χ3n) is 3.25. The van der Waals surface area contributed by atoms with Crippen LogP contribution in [0.25, 0.3) is 0 Å². The summed E-state index contributed by atoms with van der Waals surface area (Å²) in [7, 11) is 0. The van der Waals surface area contributed by atoms with Crippen molar-refractivity contribution in [3.05, 3.63) is 65.3 Å². The van der Waals surface area contributed by atoms with Gasteiger partial charge in [0.05, 0.1) is 6.10 Å². The van der Waals surface area contributed by atoms with Gasteiger partial charge in [-0.1, -0.05) is 15.9 Å². The van der Waals surface area contributed by atoms with E-state index in [2.05, 4.69) is 36.5 Å². The largest absolute Gasteiger partial charge is 0.491 e. The maximum absolute atomic E-state index is 5.64. The first-order valence-corrected chi connectivity index (χ1v) is 8.77. The lowest BCUT2D eigenvalue weighted by Gasteiger charge is -2.11. The normalized spacial score (nSPS) is 10.6. The van der Waals surface area contributed by atoms with Crippen LogP contribution in [-0.4, -0.2) is 16.1 Å². The summed E-state index contributed by atoms with van der Waals surface area (Å²) in [5, 5.41) is 6.45. The van der Waals surface area contributed by atoms with E-state index in [9.17, 15) is 0 Å². The zero-order valence-electron chi connectivity index (χ0n) is 14.0. The number of hydrogen-bond acceptors (Lipinski definition) is 5. The molecule has 0 aliphatic rings. The standard InChI is InChI=1S/C19H19BrN4O/c1-13(2)25-17-9-7-16(8-10-17)23-19-21-12-11-18(24-19)22-15-5-3-14(20)4-6-15/h3-13H,1-2H3,(H2,21,22,23,24). The number of halogens is 1. The number of nitrogens with zero attached hydrogens (tertiary/aromatic N) is 2. The quantitative estimate of drug-likeness (QED) is 0.572. The highest BCUT2D eigenvalue weighted by Crippen LogP contribution is 2.21. The van der Waals surface area contributed by atoms with Crippen LogP contribution in [0.4, 0.5) is 23.1 Å². The van der Waals surface area contributed by atoms with Gasteiger partial charge in [0.2, 0.25) is 5.95 Å². The molecule has 0 atom stereocenters. The van der Waals surface area contributed by atoms with Crippen molar-refractivity contribution in [1.29, 1.82) is 0 Å². The van der Waals surface area contributed by atoms with Crippen LogP contribution in [-0.2, 0) is 0 Å². The van der Waals surface area contributed by atoms with Crippen molar-refractivity contribution in [3.63, 3.8) is 0 Å². The maximum atomic E-state index is 5.64. The Morgan fingerprint density at radius 3 is 2.20 bits per heavy atom. The van der Waals surface area contributed by atoms with Gasteiger partial charge in [-0.15, -0.1) is 0 Å². The Labute approximate surface area is 155 Å². The molecule has 1 heterocycles. The highest BCUT2D eigenvalue weighted by Gasteiger charge is 2.02. The minimum atomic E-state index is 0.156. The Kier molecular flexibility index (Phi) is 5.50. The predicted octanol–water partition coefficient (Wildman–Crippen LogP) is 5.51. The van der Waals surface area contributed by atoms with Gasteiger partial charge < -0.3 is 15.4 Å². The average Bonchev–Trinajstić information content (AvgIpc) is 2.59. The van der Waals surface area contributed by atoms with Gasteiger partial charge in [-0.25, -0.2) is 4.98 Å². The van der Waals surface area contributed by atoms with Gasteiger partial charge in [0.1, 0.15) is 11.6 Å². The second-order valence-corrected chi connectivity index (χ2v) is 6.63. The van der Waals surface area contributed by atoms with E-state index in [1.807, 2.05) is 68.4 Å². The van der Waals surface area contributed by atoms with E-state index in [4.69, 9.17) is 4.74 Å². The van der Waals surface area contributed by atoms with Crippen LogP contribution in [0, 0.1) is 0 Å². The number of benzene rings is 2. The molecule has 128 valence electrons. The van der Waals surface area contributed by atoms with Crippen molar-refractivity contribution in [2.75, 3.05) is 10.6 Å². The zero-order valence-corrected chi connectivity index (χ0v) is 15.6. The molecular weight excluding hydrogens is 380 g/mol. The number of aromatic nitrogens is 2. The van der Waals surface area contributed by atoms with E-state index in [1.165, 1.54) is 0 Å². The van der Waals surface area contributed by atoms with Gasteiger partial charge in [-0.2, -0.15) is 4.98 Å². The molecule has 0 saturated heterocycles. The van der Waals surface area contributed by atoms with Crippen molar-refractivity contribution in [1.82, 2.24) is 9.97 Å². The van der Waals surface area contributed by atoms with Crippen LogP contribution in [0.5, 0.6) is 5.75 Å². The third kappa shape index (κ3) is 5.19. The molecule has 3 aromatic rings. The van der Waals surface area contributed by atoms with E-state index >= 15 is 0 Å². The molecule has 0 spiro atoms. The van der Waals surface area contributed by atoms with Gasteiger partial charge in [0.25, 0.3) is 0 Å². The maximum Gasteiger partial charge on any atom is 0.229 e. The number of anilines is 4. The van der Waals surface area contributed by atoms with Gasteiger partial charge in [-0.3, -0.25) is 0 Å². The van der Waals surface area contributed by atoms with Crippen molar-refractivity contribution < 1.29 is 4.74 Å². The minimum Gasteiger partial charge on any atom is -0.491 e. The highest BCUT2D eigenvalue weighted by molar-refractivity contribution is 9.10. The van der Waals surface area contributed by atoms with Gasteiger partial charge >= 0.3 is 0 Å². The monoisotopic (exact) mass is 398 g/mol. The van der Waals surface area contributed by atoms with Gasteiger partial charge in [0.15, 0.2) is 0 Å². The lowest BCUT2D eigenvalue weighted by Crippen LogP contribution is -2.05. The van der Waals surface area contributed by atoms with Crippen molar-refractivity contribution in [3.8, 4) is 5.75 Å². The fourth-order valence-corrected chi connectivity index (χ4v) is 2.45. The SMILES string of the molecule is CC(C)Oc1ccc(Nc2nccc(Nc3ccc(Br)cc3)n2)cc1. The Balaban J connectivity index is 1.68. The highest BCUT2D eigenvalue weighted by atomic mass is 79.9. The molecule has 0 amide bonds. The average molecular weight is 399 g/mol. The minimum absolute atomic E-state index is 0.156. The van der Waals surface area contributed by atoms with Crippen LogP contribution in [0.15, 0.2) is 65.3 Å². The molecular formula is C19H19BrN4O. The topological polar surface area (TPSA) is 59.1 Å². The van der Waals surface area contributed by atoms with Crippen molar-refractivity contribution >= 4 is 39.1 Å². The van der Waals surface area contributed by atoms with Crippen LogP contribution in [0.1, 0.15) is 13.8 Å². The molecule has 2 aromatic carbocycles. The molecule has 0 radical (unpaired) electrons. The van der Waals surface area contributed by atoms with E-state index in [0.29, 0.717) is 5.95 Å². The lowest BCUT2D eigenvalue weighted by molar-refractivity contribution is 0.242. The molecule has 3 rings (SSSR count). The molecule has 6 heteroatoms. The summed E-state index contributed by atoms with van der Waals surface area (Å²) in [6.45, 7) is 4.01. The predicted molar refractivity (Wildman–Crippen MR) is 105 cm³/mol. The molecule has 0 bridgehead atoms. The lowest BCUT2D eigenvalue weighted by atomic mass is 10.3. The Hall–Kier alpha value is -2.60. The summed E-state index contributed by atoms with van der Waals surface area (Å²) in [4.78, 5) is 8.74. The molecule has 0 fully saturated rings. The third-order valence-corrected chi connectivity index (χ3v) is 3.78. The fraction of sp³-hybridized carbons (Fsp3) is 0.158. The summed E-state index contributed by atoms with van der Waals surface area (Å²) in [5.41, 5.74) is 1.86. The molecule has 25 heavy (non-hydrogen) atoms. The summed E-state index contributed by atoms with van der Waals surface area (Å²) in [6.07, 6.45) is 1.87. The Morgan fingerprint density at radius 1 is 0.880 bits per heavy atom. The van der Waals surface area contributed by atoms with Crippen molar-refractivity contribution in [2.45, 2.75) is 20.0 Å². The molecule has 1 aromatic heterocycles. The number of ether oxygens (including phenoxy) is 1. The second-order valence-electron chi connectivity index (χ2n) is 5.71. The van der Waals surface area contributed by atoms with Crippen molar-refractivity contribution in [2.24, 2.45) is 0 Å². The van der Waals surface area contributed by atoms with E-state index in [0.717, 1.165) is 27.4 Å². The molecule has 2 N–H and O–H groups in total. The first kappa shape index (κ1) is 17.2. The smallest absolute Gasteiger partial charge is 0.229 e. The fourth-order valence-electron chi connectivity index (χ4n) is 2.19. The molecule has 0 aliphatic heterocycles. The van der Waals surface area contributed by atoms with E-state index < -0.39 is 0 Å². The summed E-state index contributed by atoms with van der Waals surface area (Å²) in [5.74, 6) is 2.09. The van der Waals surface area contributed by atoms with Gasteiger partial charge in [0, 0.05) is 22.0 Å². The molecule has 0 saturated carbocycles. The summed E-state index contributed by atoms with van der Waals surface area (Å²) < 4.78 is 6.68. The van der Waals surface area contributed by atoms with Crippen LogP contribution in [0.3, 0.4) is 0 Å². The Morgan fingerprint density at radius 2 is 1.52 bits per heavy atom. The van der Waals surface area contributed by atoms with Crippen LogP contribution < -0.4 is 15.4 Å². The number of nitrogens with one attached hydrogen (secondary N) is 2. The summed E-state index contributed by atoms with van der Waals surface area (Å²) in [6, 6.07) is 17.5. The Bertz CT molecular complexity index is 820. The first-order valence-electron chi connectivity index (χ1n) is 7.98. The molecule has 5 nitrogen and oxygen atoms in total. The second kappa shape index (κ2) is 7.98. The van der Waals surface area contributed by atoms with E-state index in [1.54, 1.807) is 6.20 Å². The number of rotatable bonds is 6. The van der Waals surface area contributed by atoms with Gasteiger partial charge in [-0.05, 0) is 68.4 Å². The zero-order chi connectivity index (χ0) is 17.6. The summed E-state index contributed by atoms with van der Waals surface area (Å²) >= 11 is 3.43. The first-order chi connectivity index (χ1) is 12.1. The molecule has 0 aliphatic carbocycles.